The lowest BCUT2D eigenvalue weighted by atomic mass is 10.1. The number of rotatable bonds is 10. The Kier molecular flexibility index (Phi) is 12.9. The Balaban J connectivity index is 0.00000576. The Morgan fingerprint density at radius 2 is 1.96 bits per heavy atom. The van der Waals surface area contributed by atoms with Crippen molar-refractivity contribution in [3.05, 3.63) is 17.0 Å². The molecular weight excluding hydrogens is 429 g/mol. The standard InChI is InChI=1S/C18H35N5O.HI/c1-7-16-15(17(8-2)23(6)22-16)12-21-18(19-5)20-10-9-11-24-13-14(3)4;/h14H,7-13H2,1-6H3,(H2,19,20,21);1H. The minimum Gasteiger partial charge on any atom is -0.381 e. The lowest BCUT2D eigenvalue weighted by Crippen LogP contribution is -2.37. The van der Waals surface area contributed by atoms with Gasteiger partial charge in [0.05, 0.1) is 5.69 Å². The molecule has 0 spiro atoms. The van der Waals surface area contributed by atoms with Gasteiger partial charge in [0.15, 0.2) is 5.96 Å². The molecule has 0 aromatic carbocycles. The second kappa shape index (κ2) is 13.4. The van der Waals surface area contributed by atoms with Crippen LogP contribution in [0.25, 0.3) is 0 Å². The lowest BCUT2D eigenvalue weighted by molar-refractivity contribution is 0.108. The molecule has 6 nitrogen and oxygen atoms in total. The van der Waals surface area contributed by atoms with Crippen molar-refractivity contribution in [2.75, 3.05) is 26.8 Å². The van der Waals surface area contributed by atoms with Crippen LogP contribution in [0.2, 0.25) is 0 Å². The SMILES string of the molecule is CCc1nn(C)c(CC)c1CNC(=NC)NCCCOCC(C)C.I. The van der Waals surface area contributed by atoms with Crippen LogP contribution in [0.5, 0.6) is 0 Å². The predicted molar refractivity (Wildman–Crippen MR) is 116 cm³/mol. The first kappa shape index (κ1) is 24.2. The molecule has 0 aliphatic carbocycles. The van der Waals surface area contributed by atoms with Gasteiger partial charge in [0.25, 0.3) is 0 Å². The summed E-state index contributed by atoms with van der Waals surface area (Å²) in [4.78, 5) is 4.29. The molecule has 0 aliphatic rings. The molecule has 0 saturated carbocycles. The molecule has 2 N–H and O–H groups in total. The first-order valence-electron chi connectivity index (χ1n) is 9.09. The van der Waals surface area contributed by atoms with E-state index in [2.05, 4.69) is 48.4 Å². The molecule has 146 valence electrons. The van der Waals surface area contributed by atoms with Crippen molar-refractivity contribution in [1.29, 1.82) is 0 Å². The van der Waals surface area contributed by atoms with E-state index in [1.54, 1.807) is 7.05 Å². The summed E-state index contributed by atoms with van der Waals surface area (Å²) in [6.07, 6.45) is 2.91. The average molecular weight is 465 g/mol. The molecule has 25 heavy (non-hydrogen) atoms. The monoisotopic (exact) mass is 465 g/mol. The molecule has 0 amide bonds. The average Bonchev–Trinajstić information content (AvgIpc) is 2.88. The van der Waals surface area contributed by atoms with Crippen LogP contribution >= 0.6 is 24.0 Å². The fourth-order valence-corrected chi connectivity index (χ4v) is 2.69. The maximum atomic E-state index is 5.59. The van der Waals surface area contributed by atoms with Crippen molar-refractivity contribution >= 4 is 29.9 Å². The number of ether oxygens (including phenoxy) is 1. The van der Waals surface area contributed by atoms with Gasteiger partial charge in [-0.1, -0.05) is 27.7 Å². The normalized spacial score (nSPS) is 11.6. The maximum Gasteiger partial charge on any atom is 0.191 e. The van der Waals surface area contributed by atoms with E-state index < -0.39 is 0 Å². The van der Waals surface area contributed by atoms with Crippen LogP contribution in [0.1, 0.15) is 51.1 Å². The topological polar surface area (TPSA) is 63.5 Å². The molecular formula is C18H36IN5O. The third-order valence-corrected chi connectivity index (χ3v) is 3.89. The third kappa shape index (κ3) is 8.40. The number of aromatic nitrogens is 2. The molecule has 0 radical (unpaired) electrons. The Morgan fingerprint density at radius 1 is 1.24 bits per heavy atom. The molecule has 0 unspecified atom stereocenters. The van der Waals surface area contributed by atoms with E-state index in [9.17, 15) is 0 Å². The van der Waals surface area contributed by atoms with Crippen LogP contribution in [0.15, 0.2) is 4.99 Å². The van der Waals surface area contributed by atoms with Gasteiger partial charge in [0.1, 0.15) is 0 Å². The van der Waals surface area contributed by atoms with Crippen molar-refractivity contribution in [3.8, 4) is 0 Å². The molecule has 1 rings (SSSR count). The number of aryl methyl sites for hydroxylation is 2. The zero-order valence-corrected chi connectivity index (χ0v) is 19.0. The quantitative estimate of drug-likeness (QED) is 0.242. The fourth-order valence-electron chi connectivity index (χ4n) is 2.69. The van der Waals surface area contributed by atoms with Gasteiger partial charge in [0, 0.05) is 51.7 Å². The van der Waals surface area contributed by atoms with Crippen molar-refractivity contribution in [2.45, 2.75) is 53.5 Å². The van der Waals surface area contributed by atoms with Crippen LogP contribution < -0.4 is 10.6 Å². The molecule has 1 aromatic rings. The molecule has 0 fully saturated rings. The Bertz CT molecular complexity index is 514. The fraction of sp³-hybridized carbons (Fsp3) is 0.778. The van der Waals surface area contributed by atoms with E-state index in [-0.39, 0.29) is 24.0 Å². The van der Waals surface area contributed by atoms with Crippen molar-refractivity contribution < 1.29 is 4.74 Å². The molecule has 0 atom stereocenters. The molecule has 0 aliphatic heterocycles. The van der Waals surface area contributed by atoms with Gasteiger partial charge in [-0.25, -0.2) is 0 Å². The summed E-state index contributed by atoms with van der Waals surface area (Å²) in [6.45, 7) is 11.9. The van der Waals surface area contributed by atoms with Crippen molar-refractivity contribution in [1.82, 2.24) is 20.4 Å². The van der Waals surface area contributed by atoms with E-state index in [1.165, 1.54) is 17.0 Å². The number of halogens is 1. The van der Waals surface area contributed by atoms with Gasteiger partial charge in [0.2, 0.25) is 0 Å². The smallest absolute Gasteiger partial charge is 0.191 e. The van der Waals surface area contributed by atoms with Crippen LogP contribution in [-0.2, 0) is 31.2 Å². The number of aliphatic imine (C=N–C) groups is 1. The second-order valence-corrected chi connectivity index (χ2v) is 6.38. The van der Waals surface area contributed by atoms with E-state index >= 15 is 0 Å². The Hall–Kier alpha value is -0.830. The van der Waals surface area contributed by atoms with E-state index in [4.69, 9.17) is 4.74 Å². The van der Waals surface area contributed by atoms with Gasteiger partial charge >= 0.3 is 0 Å². The molecule has 0 bridgehead atoms. The number of nitrogens with zero attached hydrogens (tertiary/aromatic N) is 3. The van der Waals surface area contributed by atoms with Gasteiger partial charge in [-0.2, -0.15) is 5.10 Å². The van der Waals surface area contributed by atoms with Gasteiger partial charge < -0.3 is 15.4 Å². The highest BCUT2D eigenvalue weighted by Gasteiger charge is 2.13. The Morgan fingerprint density at radius 3 is 2.52 bits per heavy atom. The van der Waals surface area contributed by atoms with Gasteiger partial charge in [-0.05, 0) is 25.2 Å². The summed E-state index contributed by atoms with van der Waals surface area (Å²) in [7, 11) is 3.82. The van der Waals surface area contributed by atoms with Crippen LogP contribution in [-0.4, -0.2) is 42.5 Å². The van der Waals surface area contributed by atoms with E-state index in [1.807, 2.05) is 11.7 Å². The minimum absolute atomic E-state index is 0. The minimum atomic E-state index is 0. The summed E-state index contributed by atoms with van der Waals surface area (Å²) in [5.41, 5.74) is 3.75. The number of hydrogen-bond donors (Lipinski definition) is 2. The van der Waals surface area contributed by atoms with E-state index in [0.717, 1.165) is 51.5 Å². The van der Waals surface area contributed by atoms with Crippen LogP contribution in [0.4, 0.5) is 0 Å². The zero-order valence-electron chi connectivity index (χ0n) is 16.7. The molecule has 1 heterocycles. The molecule has 0 saturated heterocycles. The molecule has 7 heteroatoms. The maximum absolute atomic E-state index is 5.59. The highest BCUT2D eigenvalue weighted by atomic mass is 127. The second-order valence-electron chi connectivity index (χ2n) is 6.38. The summed E-state index contributed by atoms with van der Waals surface area (Å²) < 4.78 is 7.59. The summed E-state index contributed by atoms with van der Waals surface area (Å²) in [5, 5.41) is 11.4. The predicted octanol–water partition coefficient (Wildman–Crippen LogP) is 2.89. The first-order valence-corrected chi connectivity index (χ1v) is 9.09. The first-order chi connectivity index (χ1) is 11.5. The third-order valence-electron chi connectivity index (χ3n) is 3.89. The zero-order chi connectivity index (χ0) is 17.9. The Labute approximate surface area is 170 Å². The highest BCUT2D eigenvalue weighted by Crippen LogP contribution is 2.15. The van der Waals surface area contributed by atoms with Crippen molar-refractivity contribution in [2.24, 2.45) is 18.0 Å². The number of hydrogen-bond acceptors (Lipinski definition) is 3. The number of guanidine groups is 1. The van der Waals surface area contributed by atoms with Gasteiger partial charge in [-0.3, -0.25) is 9.67 Å². The highest BCUT2D eigenvalue weighted by molar-refractivity contribution is 14.0. The van der Waals surface area contributed by atoms with Crippen molar-refractivity contribution in [3.63, 3.8) is 0 Å². The van der Waals surface area contributed by atoms with E-state index in [0.29, 0.717) is 5.92 Å². The summed E-state index contributed by atoms with van der Waals surface area (Å²) >= 11 is 0. The lowest BCUT2D eigenvalue weighted by Gasteiger charge is -2.13. The summed E-state index contributed by atoms with van der Waals surface area (Å²) in [5.74, 6) is 1.42. The summed E-state index contributed by atoms with van der Waals surface area (Å²) in [6, 6.07) is 0. The van der Waals surface area contributed by atoms with Crippen LogP contribution in [0.3, 0.4) is 0 Å². The van der Waals surface area contributed by atoms with Crippen LogP contribution in [0, 0.1) is 5.92 Å². The van der Waals surface area contributed by atoms with Gasteiger partial charge in [-0.15, -0.1) is 24.0 Å². The number of nitrogens with one attached hydrogen (secondary N) is 2. The molecule has 1 aromatic heterocycles. The largest absolute Gasteiger partial charge is 0.381 e.